The van der Waals surface area contributed by atoms with Crippen LogP contribution < -0.4 is 4.74 Å². The van der Waals surface area contributed by atoms with Gasteiger partial charge in [-0.15, -0.1) is 0 Å². The molecule has 3 rings (SSSR count). The van der Waals surface area contributed by atoms with Gasteiger partial charge in [0, 0.05) is 10.6 Å². The van der Waals surface area contributed by atoms with Crippen LogP contribution >= 0.6 is 11.6 Å². The van der Waals surface area contributed by atoms with Crippen LogP contribution in [0.4, 0.5) is 4.39 Å². The lowest BCUT2D eigenvalue weighted by Gasteiger charge is -2.10. The summed E-state index contributed by atoms with van der Waals surface area (Å²) >= 11 is 5.89. The van der Waals surface area contributed by atoms with Gasteiger partial charge in [-0.05, 0) is 47.5 Å². The van der Waals surface area contributed by atoms with E-state index in [1.807, 2.05) is 48.5 Å². The monoisotopic (exact) mass is 363 g/mol. The highest BCUT2D eigenvalue weighted by Gasteiger charge is 2.06. The lowest BCUT2D eigenvalue weighted by molar-refractivity contribution is 0.305. The minimum absolute atomic E-state index is 0.368. The molecule has 0 spiro atoms. The van der Waals surface area contributed by atoms with Crippen LogP contribution in [0.15, 0.2) is 72.8 Å². The third kappa shape index (κ3) is 4.50. The van der Waals surface area contributed by atoms with Crippen LogP contribution in [0.2, 0.25) is 5.02 Å². The van der Waals surface area contributed by atoms with Gasteiger partial charge in [0.05, 0.1) is 11.6 Å². The van der Waals surface area contributed by atoms with Gasteiger partial charge in [-0.25, -0.2) is 4.39 Å². The Morgan fingerprint density at radius 2 is 1.81 bits per heavy atom. The molecule has 3 aromatic rings. The SMILES string of the molecule is N#C/C(=C/c1ccccc1OCc1ccc(Cl)cc1)c1cccc(F)c1. The first kappa shape index (κ1) is 17.7. The molecule has 0 saturated carbocycles. The lowest BCUT2D eigenvalue weighted by atomic mass is 10.0. The number of ether oxygens (including phenoxy) is 1. The van der Waals surface area contributed by atoms with E-state index in [2.05, 4.69) is 6.07 Å². The van der Waals surface area contributed by atoms with Crippen molar-refractivity contribution in [3.8, 4) is 11.8 Å². The van der Waals surface area contributed by atoms with Crippen LogP contribution in [0, 0.1) is 17.1 Å². The Kier molecular flexibility index (Phi) is 5.68. The second-order valence-corrected chi connectivity index (χ2v) is 6.07. The number of nitriles is 1. The second-order valence-electron chi connectivity index (χ2n) is 5.63. The number of allylic oxidation sites excluding steroid dienone is 1. The Labute approximate surface area is 156 Å². The minimum atomic E-state index is -0.379. The topological polar surface area (TPSA) is 33.0 Å². The normalized spacial score (nSPS) is 11.0. The molecule has 0 aliphatic heterocycles. The van der Waals surface area contributed by atoms with Crippen molar-refractivity contribution in [3.05, 3.63) is 100 Å². The van der Waals surface area contributed by atoms with Gasteiger partial charge in [-0.3, -0.25) is 0 Å². The van der Waals surface area contributed by atoms with Gasteiger partial charge in [0.1, 0.15) is 18.2 Å². The molecule has 4 heteroatoms. The van der Waals surface area contributed by atoms with Crippen LogP contribution in [-0.4, -0.2) is 0 Å². The Bertz CT molecular complexity index is 974. The number of halogens is 2. The fourth-order valence-corrected chi connectivity index (χ4v) is 2.59. The quantitative estimate of drug-likeness (QED) is 0.404. The van der Waals surface area contributed by atoms with Gasteiger partial charge in [0.25, 0.3) is 0 Å². The average molecular weight is 364 g/mol. The fraction of sp³-hybridized carbons (Fsp3) is 0.0455. The zero-order chi connectivity index (χ0) is 18.4. The smallest absolute Gasteiger partial charge is 0.127 e. The average Bonchev–Trinajstić information content (AvgIpc) is 2.66. The van der Waals surface area contributed by atoms with Gasteiger partial charge < -0.3 is 4.74 Å². The molecule has 0 N–H and O–H groups in total. The predicted molar refractivity (Wildman–Crippen MR) is 102 cm³/mol. The summed E-state index contributed by atoms with van der Waals surface area (Å²) in [5, 5.41) is 10.1. The second kappa shape index (κ2) is 8.33. The highest BCUT2D eigenvalue weighted by molar-refractivity contribution is 6.30. The summed E-state index contributed by atoms with van der Waals surface area (Å²) in [5.41, 5.74) is 2.63. The van der Waals surface area contributed by atoms with E-state index in [1.165, 1.54) is 12.1 Å². The molecule has 3 aromatic carbocycles. The molecule has 0 unspecified atom stereocenters. The van der Waals surface area contributed by atoms with Crippen LogP contribution in [-0.2, 0) is 6.61 Å². The van der Waals surface area contributed by atoms with E-state index in [9.17, 15) is 9.65 Å². The number of rotatable bonds is 5. The minimum Gasteiger partial charge on any atom is -0.488 e. The zero-order valence-corrected chi connectivity index (χ0v) is 14.6. The van der Waals surface area contributed by atoms with Crippen molar-refractivity contribution >= 4 is 23.3 Å². The summed E-state index contributed by atoms with van der Waals surface area (Å²) in [7, 11) is 0. The molecular weight excluding hydrogens is 349 g/mol. The first-order valence-corrected chi connectivity index (χ1v) is 8.37. The first-order chi connectivity index (χ1) is 12.7. The summed E-state index contributed by atoms with van der Waals surface area (Å²) < 4.78 is 19.3. The van der Waals surface area contributed by atoms with Gasteiger partial charge in [0.15, 0.2) is 0 Å². The number of hydrogen-bond acceptors (Lipinski definition) is 2. The molecule has 0 amide bonds. The van der Waals surface area contributed by atoms with Crippen molar-refractivity contribution in [2.24, 2.45) is 0 Å². The molecule has 0 aromatic heterocycles. The summed E-state index contributed by atoms with van der Waals surface area (Å²) in [6.07, 6.45) is 1.70. The highest BCUT2D eigenvalue weighted by Crippen LogP contribution is 2.25. The molecule has 0 fully saturated rings. The maximum absolute atomic E-state index is 13.4. The molecule has 0 heterocycles. The molecule has 0 bridgehead atoms. The summed E-state index contributed by atoms with van der Waals surface area (Å²) in [6.45, 7) is 0.379. The third-order valence-corrected chi connectivity index (χ3v) is 4.03. The Hall–Kier alpha value is -3.09. The number of benzene rings is 3. The van der Waals surface area contributed by atoms with E-state index in [4.69, 9.17) is 16.3 Å². The Morgan fingerprint density at radius 1 is 1.04 bits per heavy atom. The molecule has 0 atom stereocenters. The van der Waals surface area contributed by atoms with Crippen molar-refractivity contribution in [1.82, 2.24) is 0 Å². The van der Waals surface area contributed by atoms with Gasteiger partial charge in [-0.2, -0.15) is 5.26 Å². The molecule has 0 radical (unpaired) electrons. The fourth-order valence-electron chi connectivity index (χ4n) is 2.46. The van der Waals surface area contributed by atoms with E-state index in [0.717, 1.165) is 11.1 Å². The van der Waals surface area contributed by atoms with E-state index < -0.39 is 0 Å². The maximum Gasteiger partial charge on any atom is 0.127 e. The molecule has 2 nitrogen and oxygen atoms in total. The van der Waals surface area contributed by atoms with E-state index in [0.29, 0.717) is 28.5 Å². The molecule has 0 aliphatic rings. The Morgan fingerprint density at radius 3 is 2.54 bits per heavy atom. The number of hydrogen-bond donors (Lipinski definition) is 0. The summed E-state index contributed by atoms with van der Waals surface area (Å²) in [4.78, 5) is 0. The van der Waals surface area contributed by atoms with Gasteiger partial charge in [-0.1, -0.05) is 54.1 Å². The number of nitrogens with zero attached hydrogens (tertiary/aromatic N) is 1. The third-order valence-electron chi connectivity index (χ3n) is 3.78. The van der Waals surface area contributed by atoms with Crippen LogP contribution in [0.1, 0.15) is 16.7 Å². The Balaban J connectivity index is 1.86. The highest BCUT2D eigenvalue weighted by atomic mass is 35.5. The van der Waals surface area contributed by atoms with E-state index >= 15 is 0 Å². The van der Waals surface area contributed by atoms with Gasteiger partial charge in [0.2, 0.25) is 0 Å². The summed E-state index contributed by atoms with van der Waals surface area (Å²) in [5.74, 6) is 0.266. The van der Waals surface area contributed by atoms with Crippen LogP contribution in [0.5, 0.6) is 5.75 Å². The van der Waals surface area contributed by atoms with Crippen molar-refractivity contribution in [1.29, 1.82) is 5.26 Å². The van der Waals surface area contributed by atoms with Crippen molar-refractivity contribution < 1.29 is 9.13 Å². The standard InChI is InChI=1S/C22H15ClFNO/c23-20-10-8-16(9-11-20)15-26-22-7-2-1-4-18(22)12-19(14-25)17-5-3-6-21(24)13-17/h1-13H,15H2/b19-12-. The molecule has 128 valence electrons. The predicted octanol–water partition coefficient (Wildman–Crippen LogP) is 6.12. The molecule has 0 saturated heterocycles. The first-order valence-electron chi connectivity index (χ1n) is 8.00. The lowest BCUT2D eigenvalue weighted by Crippen LogP contribution is -1.97. The van der Waals surface area contributed by atoms with E-state index in [-0.39, 0.29) is 5.82 Å². The summed E-state index contributed by atoms with van der Waals surface area (Å²) in [6, 6.07) is 22.9. The maximum atomic E-state index is 13.4. The van der Waals surface area contributed by atoms with Crippen LogP contribution in [0.3, 0.4) is 0 Å². The molecule has 0 aliphatic carbocycles. The van der Waals surface area contributed by atoms with Gasteiger partial charge >= 0.3 is 0 Å². The van der Waals surface area contributed by atoms with Crippen molar-refractivity contribution in [2.45, 2.75) is 6.61 Å². The van der Waals surface area contributed by atoms with E-state index in [1.54, 1.807) is 18.2 Å². The van der Waals surface area contributed by atoms with Crippen LogP contribution in [0.25, 0.3) is 11.6 Å². The molecular formula is C22H15ClFNO. The van der Waals surface area contributed by atoms with Crippen molar-refractivity contribution in [3.63, 3.8) is 0 Å². The molecule has 26 heavy (non-hydrogen) atoms. The van der Waals surface area contributed by atoms with Crippen molar-refractivity contribution in [2.75, 3.05) is 0 Å². The largest absolute Gasteiger partial charge is 0.488 e. The zero-order valence-electron chi connectivity index (χ0n) is 13.8. The number of para-hydroxylation sites is 1.